The predicted molar refractivity (Wildman–Crippen MR) is 166 cm³/mol. The second kappa shape index (κ2) is 8.76. The standard InChI is InChI=1S/C34H38BN3O5/c1-32(2,3)41-31(39)38-26-14-19(26)15-27(38)30-36-25-11-8-18-13-24-22-10-9-21(35-42-33(4,5)34(6,7)43-35)12-20(22)17-40-28(24)16-23(18)29(25)37-30/h8-13,16,19,26-27H,14-15,17H2,1-7H3,(H,36,37)/t19-,26-,27+/m1/s1. The van der Waals surface area contributed by atoms with Gasteiger partial charge in [0, 0.05) is 17.0 Å². The van der Waals surface area contributed by atoms with Gasteiger partial charge in [-0.15, -0.1) is 0 Å². The number of imidazole rings is 1. The number of rotatable bonds is 2. The highest BCUT2D eigenvalue weighted by atomic mass is 16.7. The van der Waals surface area contributed by atoms with Crippen LogP contribution in [0.5, 0.6) is 5.75 Å². The van der Waals surface area contributed by atoms with Gasteiger partial charge in [0.2, 0.25) is 0 Å². The van der Waals surface area contributed by atoms with Crippen LogP contribution in [0.25, 0.3) is 32.9 Å². The summed E-state index contributed by atoms with van der Waals surface area (Å²) in [6, 6.07) is 15.1. The highest BCUT2D eigenvalue weighted by molar-refractivity contribution is 6.62. The smallest absolute Gasteiger partial charge is 0.488 e. The lowest BCUT2D eigenvalue weighted by Crippen LogP contribution is -2.41. The Morgan fingerprint density at radius 3 is 2.53 bits per heavy atom. The van der Waals surface area contributed by atoms with Gasteiger partial charge >= 0.3 is 13.2 Å². The van der Waals surface area contributed by atoms with Crippen molar-refractivity contribution in [2.45, 2.75) is 96.8 Å². The summed E-state index contributed by atoms with van der Waals surface area (Å²) in [6.07, 6.45) is 1.70. The topological polar surface area (TPSA) is 85.9 Å². The molecular formula is C34H38BN3O5. The Kier molecular flexibility index (Phi) is 5.51. The van der Waals surface area contributed by atoms with E-state index in [1.165, 1.54) is 0 Å². The van der Waals surface area contributed by atoms with E-state index in [9.17, 15) is 4.79 Å². The molecule has 3 fully saturated rings. The molecule has 1 aliphatic carbocycles. The number of fused-ring (bicyclic) bond motifs is 7. The Morgan fingerprint density at radius 1 is 1.02 bits per heavy atom. The van der Waals surface area contributed by atoms with Crippen LogP contribution in [0, 0.1) is 5.92 Å². The van der Waals surface area contributed by atoms with Crippen LogP contribution in [0.1, 0.15) is 78.7 Å². The molecular weight excluding hydrogens is 541 g/mol. The minimum Gasteiger partial charge on any atom is -0.488 e. The molecule has 8 nitrogen and oxygen atoms in total. The van der Waals surface area contributed by atoms with Crippen LogP contribution in [0.2, 0.25) is 0 Å². The number of nitrogens with zero attached hydrogens (tertiary/aromatic N) is 2. The van der Waals surface area contributed by atoms with Gasteiger partial charge in [-0.1, -0.05) is 24.3 Å². The molecule has 1 saturated carbocycles. The van der Waals surface area contributed by atoms with E-state index in [1.807, 2.05) is 25.7 Å². The number of amides is 1. The number of benzene rings is 3. The third-order valence-corrected chi connectivity index (χ3v) is 9.94. The van der Waals surface area contributed by atoms with Crippen LogP contribution in [0.3, 0.4) is 0 Å². The van der Waals surface area contributed by atoms with Crippen LogP contribution >= 0.6 is 0 Å². The van der Waals surface area contributed by atoms with Gasteiger partial charge in [-0.05, 0) is 107 Å². The fourth-order valence-electron chi connectivity index (χ4n) is 6.89. The van der Waals surface area contributed by atoms with Crippen molar-refractivity contribution in [2.24, 2.45) is 5.92 Å². The van der Waals surface area contributed by atoms with Crippen LogP contribution in [0.15, 0.2) is 42.5 Å². The Hall–Kier alpha value is -3.56. The minimum absolute atomic E-state index is 0.111. The SMILES string of the molecule is CC(C)(C)OC(=O)N1[C@@H]2C[C@@H]2C[C@H]1c1nc2c(ccc3cc4c(cc32)OCc2cc(B3OC(C)(C)C(C)(C)O3)ccc2-4)[nH]1. The van der Waals surface area contributed by atoms with Crippen molar-refractivity contribution in [2.75, 3.05) is 0 Å². The third kappa shape index (κ3) is 4.26. The molecule has 1 aromatic heterocycles. The van der Waals surface area contributed by atoms with E-state index in [1.54, 1.807) is 0 Å². The molecule has 43 heavy (non-hydrogen) atoms. The first-order valence-electron chi connectivity index (χ1n) is 15.4. The molecule has 1 amide bonds. The summed E-state index contributed by atoms with van der Waals surface area (Å²) in [4.78, 5) is 23.7. The lowest BCUT2D eigenvalue weighted by Gasteiger charge is -2.32. The van der Waals surface area contributed by atoms with Crippen LogP contribution < -0.4 is 10.2 Å². The fourth-order valence-corrected chi connectivity index (χ4v) is 6.89. The van der Waals surface area contributed by atoms with Gasteiger partial charge in [0.25, 0.3) is 0 Å². The molecule has 0 unspecified atom stereocenters. The monoisotopic (exact) mass is 579 g/mol. The minimum atomic E-state index is -0.538. The molecule has 0 spiro atoms. The zero-order valence-electron chi connectivity index (χ0n) is 25.9. The van der Waals surface area contributed by atoms with Gasteiger partial charge in [-0.2, -0.15) is 0 Å². The zero-order chi connectivity index (χ0) is 30.1. The predicted octanol–water partition coefficient (Wildman–Crippen LogP) is 6.65. The van der Waals surface area contributed by atoms with E-state index in [2.05, 4.69) is 75.1 Å². The van der Waals surface area contributed by atoms with Crippen molar-refractivity contribution in [3.63, 3.8) is 0 Å². The number of aromatic nitrogens is 2. The Morgan fingerprint density at radius 2 is 1.79 bits per heavy atom. The lowest BCUT2D eigenvalue weighted by atomic mass is 9.77. The second-order valence-corrected chi connectivity index (χ2v) is 14.6. The summed E-state index contributed by atoms with van der Waals surface area (Å²) in [5.74, 6) is 2.19. The molecule has 1 N–H and O–H groups in total. The Labute approximate surface area is 252 Å². The number of piperidine rings is 1. The van der Waals surface area contributed by atoms with Gasteiger partial charge < -0.3 is 23.8 Å². The Bertz CT molecular complexity index is 1810. The van der Waals surface area contributed by atoms with E-state index in [0.29, 0.717) is 12.5 Å². The number of carbonyl (C=O) groups is 1. The maximum absolute atomic E-state index is 13.2. The largest absolute Gasteiger partial charge is 0.494 e. The number of hydrogen-bond acceptors (Lipinski definition) is 6. The number of ether oxygens (including phenoxy) is 2. The van der Waals surface area contributed by atoms with Crippen LogP contribution in [-0.2, 0) is 20.7 Å². The van der Waals surface area contributed by atoms with Crippen LogP contribution in [0.4, 0.5) is 4.79 Å². The van der Waals surface area contributed by atoms with E-state index in [-0.39, 0.29) is 29.4 Å². The van der Waals surface area contributed by atoms with Gasteiger partial charge in [0.15, 0.2) is 0 Å². The normalized spacial score (nSPS) is 25.0. The maximum atomic E-state index is 13.2. The van der Waals surface area contributed by atoms with Crippen LogP contribution in [-0.4, -0.2) is 50.9 Å². The van der Waals surface area contributed by atoms with Crippen molar-refractivity contribution < 1.29 is 23.6 Å². The van der Waals surface area contributed by atoms with Crippen molar-refractivity contribution in [1.29, 1.82) is 0 Å². The van der Waals surface area contributed by atoms with Crippen molar-refractivity contribution in [3.05, 3.63) is 53.9 Å². The van der Waals surface area contributed by atoms with E-state index < -0.39 is 12.7 Å². The summed E-state index contributed by atoms with van der Waals surface area (Å²) in [5, 5.41) is 2.12. The number of carbonyl (C=O) groups excluding carboxylic acids is 1. The number of hydrogen-bond donors (Lipinski definition) is 1. The number of likely N-dealkylation sites (tertiary alicyclic amines) is 1. The van der Waals surface area contributed by atoms with Crippen molar-refractivity contribution in [3.8, 4) is 16.9 Å². The molecule has 3 atom stereocenters. The number of aromatic amines is 1. The van der Waals surface area contributed by atoms with Gasteiger partial charge in [0.1, 0.15) is 23.8 Å². The molecule has 4 heterocycles. The second-order valence-electron chi connectivity index (χ2n) is 14.6. The fraction of sp³-hybridized carbons (Fsp3) is 0.471. The summed E-state index contributed by atoms with van der Waals surface area (Å²) in [7, 11) is -0.410. The third-order valence-electron chi connectivity index (χ3n) is 9.94. The van der Waals surface area contributed by atoms with Gasteiger partial charge in [0.05, 0.1) is 28.3 Å². The highest BCUT2D eigenvalue weighted by Crippen LogP contribution is 2.54. The lowest BCUT2D eigenvalue weighted by molar-refractivity contribution is 0.00578. The quantitative estimate of drug-likeness (QED) is 0.268. The molecule has 4 aliphatic rings. The summed E-state index contributed by atoms with van der Waals surface area (Å²) >= 11 is 0. The van der Waals surface area contributed by atoms with Gasteiger partial charge in [-0.3, -0.25) is 4.90 Å². The molecule has 3 aromatic carbocycles. The molecule has 0 bridgehead atoms. The average molecular weight is 580 g/mol. The van der Waals surface area contributed by atoms with Crippen molar-refractivity contribution >= 4 is 40.5 Å². The average Bonchev–Trinajstić information content (AvgIpc) is 3.28. The molecule has 2 saturated heterocycles. The van der Waals surface area contributed by atoms with E-state index in [0.717, 1.165) is 68.4 Å². The van der Waals surface area contributed by atoms with E-state index >= 15 is 0 Å². The molecule has 3 aliphatic heterocycles. The first-order chi connectivity index (χ1) is 20.3. The number of nitrogens with one attached hydrogen (secondary N) is 1. The molecule has 0 radical (unpaired) electrons. The Balaban J connectivity index is 1.13. The summed E-state index contributed by atoms with van der Waals surface area (Å²) in [5.41, 5.74) is 4.87. The number of H-pyrrole nitrogens is 1. The maximum Gasteiger partial charge on any atom is 0.494 e. The summed E-state index contributed by atoms with van der Waals surface area (Å²) in [6.45, 7) is 14.5. The molecule has 9 heteroatoms. The first-order valence-corrected chi connectivity index (χ1v) is 15.4. The van der Waals surface area contributed by atoms with Crippen molar-refractivity contribution in [1.82, 2.24) is 14.9 Å². The molecule has 8 rings (SSSR count). The van der Waals surface area contributed by atoms with Gasteiger partial charge in [-0.25, -0.2) is 9.78 Å². The highest BCUT2D eigenvalue weighted by Gasteiger charge is 2.56. The molecule has 222 valence electrons. The first kappa shape index (κ1) is 27.0. The molecule has 4 aromatic rings. The van der Waals surface area contributed by atoms with E-state index in [4.69, 9.17) is 23.8 Å². The zero-order valence-corrected chi connectivity index (χ0v) is 25.9. The summed E-state index contributed by atoms with van der Waals surface area (Å²) < 4.78 is 24.7.